The number of carbonyl (C=O) groups is 4. The van der Waals surface area contributed by atoms with Crippen molar-refractivity contribution in [2.75, 3.05) is 6.54 Å². The van der Waals surface area contributed by atoms with Crippen LogP contribution in [0.25, 0.3) is 44.8 Å². The molecule has 3 fully saturated rings. The summed E-state index contributed by atoms with van der Waals surface area (Å²) in [6.45, 7) is 31.3. The molecule has 2 aromatic heterocycles. The molecule has 3 saturated heterocycles. The molecule has 0 spiro atoms. The van der Waals surface area contributed by atoms with E-state index >= 15 is 0 Å². The Balaban J connectivity index is 0.000000266. The van der Waals surface area contributed by atoms with Crippen molar-refractivity contribution in [2.24, 2.45) is 17.1 Å². The first-order chi connectivity index (χ1) is 51.4. The number of hydrogen-bond donors (Lipinski definition) is 3. The van der Waals surface area contributed by atoms with Crippen LogP contribution >= 0.6 is 0 Å². The summed E-state index contributed by atoms with van der Waals surface area (Å²) in [5.74, 6) is -4.89. The van der Waals surface area contributed by atoms with Crippen molar-refractivity contribution < 1.29 is 79.4 Å². The second kappa shape index (κ2) is 42.4. The summed E-state index contributed by atoms with van der Waals surface area (Å²) in [7, 11) is 0. The number of aliphatic hydroxyl groups is 1. The van der Waals surface area contributed by atoms with E-state index in [9.17, 15) is 50.6 Å². The Labute approximate surface area is 654 Å². The second-order valence-electron chi connectivity index (χ2n) is 31.1. The maximum atomic E-state index is 13.8. The van der Waals surface area contributed by atoms with E-state index in [-0.39, 0.29) is 111 Å². The second-order valence-corrected chi connectivity index (χ2v) is 31.1. The molecule has 8 aromatic rings. The van der Waals surface area contributed by atoms with E-state index in [1.807, 2.05) is 52.0 Å². The van der Waals surface area contributed by atoms with Crippen LogP contribution in [0.4, 0.5) is 26.3 Å². The fourth-order valence-electron chi connectivity index (χ4n) is 13.5. The number of aromatic nitrogens is 2. The lowest BCUT2D eigenvalue weighted by molar-refractivity contribution is -0.301. The number of benzene rings is 6. The van der Waals surface area contributed by atoms with Gasteiger partial charge in [-0.05, 0) is 242 Å². The third-order valence-corrected chi connectivity index (χ3v) is 19.2. The van der Waals surface area contributed by atoms with Gasteiger partial charge in [-0.25, -0.2) is 26.3 Å². The smallest absolute Gasteiger partial charge is 0.308 e. The number of cyclic esters (lactones) is 1. The Morgan fingerprint density at radius 2 is 0.847 bits per heavy atom. The highest BCUT2D eigenvalue weighted by atomic mass is 19.1. The van der Waals surface area contributed by atoms with Crippen molar-refractivity contribution >= 4 is 23.5 Å². The van der Waals surface area contributed by atoms with Crippen molar-refractivity contribution in [1.82, 2.24) is 9.13 Å². The van der Waals surface area contributed by atoms with Gasteiger partial charge in [0.2, 0.25) is 0 Å². The molecule has 1 unspecified atom stereocenters. The number of halogens is 6. The third-order valence-electron chi connectivity index (χ3n) is 19.2. The molecule has 5 heterocycles. The SMILES string of the molecule is C.C.CC(C)(C)C(=O)O.CC(C)C(=O)CC(C(=O)c1ccc(F)cc1)c1ccc(F)cc1.CC(C)c1cc(-c2ccc(F)cc2)c(-c2ccc(F)cc2)n1CC[C@@H]1C[C@@H](O)CC(=O)O1.CC[C@H]1C[C@@H](CCN)OC(C)(C)O1.CC[C@H]1C[C@@H](CCn2c(C(C)C)cc(-c3ccc(F)cc3)c2-c2ccc(F)cc2)OC(C)(C)O1. The Morgan fingerprint density at radius 3 is 1.18 bits per heavy atom. The first-order valence-corrected chi connectivity index (χ1v) is 38.0. The number of ketones is 2. The molecule has 0 saturated carbocycles. The summed E-state index contributed by atoms with van der Waals surface area (Å²) in [6, 6.07) is 40.9. The van der Waals surface area contributed by atoms with E-state index in [0.717, 1.165) is 95.5 Å². The molecule has 6 aromatic carbocycles. The highest BCUT2D eigenvalue weighted by Gasteiger charge is 2.37. The topological polar surface area (TPSA) is 191 Å². The van der Waals surface area contributed by atoms with Gasteiger partial charge in [-0.1, -0.05) is 107 Å². The predicted molar refractivity (Wildman–Crippen MR) is 429 cm³/mol. The molecule has 14 nitrogen and oxygen atoms in total. The first kappa shape index (κ1) is 93.1. The minimum absolute atomic E-state index is 0. The summed E-state index contributed by atoms with van der Waals surface area (Å²) >= 11 is 0. The standard InChI is InChI=1S/C29H35F2NO2.C26H27F2NO3.C19H18F2O2.C10H21NO2.C5H10O2.2CH4/c1-6-24-17-25(34-29(4,5)33-24)15-16-32-27(19(2)3)18-26(20-7-11-22(30)12-8-20)28(32)21-9-13-23(31)14-10-21;1-16(2)24-15-23(17-3-7-19(27)8-4-17)26(18-5-9-20(28)10-6-18)29(24)12-11-22-13-21(30)14-25(31)32-22;1-12(2)18(22)11-17(13-3-7-15(20)8-4-13)19(23)14-5-9-16(21)10-6-14;1-4-8-7-9(5-6-11)13-10(2,3)12-8;1-5(2,3)4(6)7;;/h7-14,18-19,24-25H,6,15-17H2,1-5H3;3-10,15-16,21-22,30H,11-14H2,1-2H3;3-10,12,17H,11H2,1-2H3;8-9H,4-7,11H2,1-3H3;1-3H3,(H,6,7);2*1H4/t24-,25+;21-,22-;;8-,9+;;;/m01.0.../s1. The van der Waals surface area contributed by atoms with Crippen molar-refractivity contribution in [3.63, 3.8) is 0 Å². The average Bonchev–Trinajstić information content (AvgIpc) is 1.63. The lowest BCUT2D eigenvalue weighted by Crippen LogP contribution is -2.44. The fraction of sp³-hybridized carbons (Fsp3) is 0.473. The maximum absolute atomic E-state index is 13.8. The molecular weight excluding hydrogens is 1420 g/mol. The van der Waals surface area contributed by atoms with Gasteiger partial charge in [0.25, 0.3) is 0 Å². The van der Waals surface area contributed by atoms with Gasteiger partial charge in [-0.15, -0.1) is 0 Å². The van der Waals surface area contributed by atoms with Crippen molar-refractivity contribution in [1.29, 1.82) is 0 Å². The van der Waals surface area contributed by atoms with Gasteiger partial charge >= 0.3 is 11.9 Å². The van der Waals surface area contributed by atoms with E-state index in [1.54, 1.807) is 58.9 Å². The number of nitrogens with zero attached hydrogens (tertiary/aromatic N) is 2. The lowest BCUT2D eigenvalue weighted by Gasteiger charge is -2.41. The highest BCUT2D eigenvalue weighted by molar-refractivity contribution is 6.03. The molecule has 0 amide bonds. The van der Waals surface area contributed by atoms with Crippen LogP contribution in [0.2, 0.25) is 0 Å². The average molecular weight is 1540 g/mol. The minimum Gasteiger partial charge on any atom is -0.481 e. The summed E-state index contributed by atoms with van der Waals surface area (Å²) in [5.41, 5.74) is 15.6. The van der Waals surface area contributed by atoms with Gasteiger partial charge in [-0.2, -0.15) is 0 Å². The zero-order valence-electron chi connectivity index (χ0n) is 65.8. The molecule has 20 heteroatoms. The Bertz CT molecular complexity index is 4200. The van der Waals surface area contributed by atoms with Crippen LogP contribution in [0, 0.1) is 46.2 Å². The number of carboxylic acids is 1. The van der Waals surface area contributed by atoms with Crippen LogP contribution in [0.15, 0.2) is 158 Å². The van der Waals surface area contributed by atoms with Gasteiger partial charge < -0.3 is 48.8 Å². The molecule has 111 heavy (non-hydrogen) atoms. The quantitative estimate of drug-likeness (QED) is 0.0331. The number of ether oxygens (including phenoxy) is 5. The predicted octanol–water partition coefficient (Wildman–Crippen LogP) is 22.2. The fourth-order valence-corrected chi connectivity index (χ4v) is 13.5. The molecule has 11 rings (SSSR count). The molecule has 0 radical (unpaired) electrons. The van der Waals surface area contributed by atoms with E-state index in [2.05, 4.69) is 62.8 Å². The molecular formula is C91H119F6N3O11. The molecule has 3 aliphatic heterocycles. The number of esters is 1. The number of Topliss-reactive ketones (excluding diaryl/α,β-unsaturated/α-hetero) is 2. The number of rotatable bonds is 22. The van der Waals surface area contributed by atoms with Gasteiger partial charge in [0.15, 0.2) is 17.4 Å². The van der Waals surface area contributed by atoms with Crippen molar-refractivity contribution in [2.45, 2.75) is 262 Å². The largest absolute Gasteiger partial charge is 0.481 e. The zero-order chi connectivity index (χ0) is 80.2. The summed E-state index contributed by atoms with van der Waals surface area (Å²) in [4.78, 5) is 46.6. The number of carboxylic acid groups (broad SMARTS) is 1. The van der Waals surface area contributed by atoms with Crippen LogP contribution in [-0.4, -0.2) is 97.6 Å². The van der Waals surface area contributed by atoms with Crippen LogP contribution in [0.1, 0.15) is 228 Å². The monoisotopic (exact) mass is 1540 g/mol. The minimum atomic E-state index is -0.757. The molecule has 3 aliphatic rings. The summed E-state index contributed by atoms with van der Waals surface area (Å²) in [5, 5.41) is 18.2. The van der Waals surface area contributed by atoms with E-state index in [4.69, 9.17) is 34.5 Å². The number of aliphatic hydroxyl groups excluding tert-OH is 1. The number of nitrogens with two attached hydrogens (primary N) is 1. The normalized spacial score (nSPS) is 18.7. The molecule has 606 valence electrons. The van der Waals surface area contributed by atoms with Gasteiger partial charge in [0, 0.05) is 79.2 Å². The van der Waals surface area contributed by atoms with E-state index in [0.29, 0.717) is 43.2 Å². The first-order valence-electron chi connectivity index (χ1n) is 38.0. The number of hydrogen-bond acceptors (Lipinski definition) is 11. The van der Waals surface area contributed by atoms with Crippen LogP contribution in [-0.2, 0) is 51.2 Å². The Hall–Kier alpha value is -8.50. The zero-order valence-corrected chi connectivity index (χ0v) is 65.8. The van der Waals surface area contributed by atoms with E-state index < -0.39 is 46.6 Å². The van der Waals surface area contributed by atoms with Crippen molar-refractivity contribution in [3.8, 4) is 44.8 Å². The van der Waals surface area contributed by atoms with Gasteiger partial charge in [-0.3, -0.25) is 19.2 Å². The van der Waals surface area contributed by atoms with Crippen LogP contribution < -0.4 is 5.73 Å². The van der Waals surface area contributed by atoms with Gasteiger partial charge in [0.05, 0.1) is 59.7 Å². The summed E-state index contributed by atoms with van der Waals surface area (Å²) < 4.78 is 115. The van der Waals surface area contributed by atoms with Gasteiger partial charge in [0.1, 0.15) is 46.8 Å². The molecule has 4 N–H and O–H groups in total. The Morgan fingerprint density at radius 1 is 0.514 bits per heavy atom. The van der Waals surface area contributed by atoms with Crippen molar-refractivity contribution in [3.05, 3.63) is 215 Å². The Kier molecular flexibility index (Phi) is 35.6. The number of carbonyl (C=O) groups excluding carboxylic acids is 3. The highest BCUT2D eigenvalue weighted by Crippen LogP contribution is 2.42. The van der Waals surface area contributed by atoms with E-state index in [1.165, 1.54) is 103 Å². The molecule has 0 aliphatic carbocycles. The lowest BCUT2D eigenvalue weighted by atomic mass is 9.85. The van der Waals surface area contributed by atoms with Crippen LogP contribution in [0.5, 0.6) is 0 Å². The number of aliphatic carboxylic acids is 1. The third kappa shape index (κ3) is 27.7. The molecule has 7 atom stereocenters. The summed E-state index contributed by atoms with van der Waals surface area (Å²) in [6.07, 6.45) is 6.53. The maximum Gasteiger partial charge on any atom is 0.308 e. The molecule has 0 bridgehead atoms. The van der Waals surface area contributed by atoms with Crippen LogP contribution in [0.3, 0.4) is 0 Å².